The number of rotatable bonds is 9. The number of ether oxygens (including phenoxy) is 5. The standard InChI is InChI=1S/C32H27NO7/c1-36-23-12-11-19-13-21(10-9-20(19)14-23)28(34)18-40-32(35)25-17-27(33-26-8-6-5-7-24(25)26)22-15-29(37-2)31(39-4)30(16-22)38-3/h5-17H,18H2,1-4H3. The van der Waals surface area contributed by atoms with Crippen LogP contribution in [0.25, 0.3) is 32.9 Å². The second-order valence-electron chi connectivity index (χ2n) is 8.91. The molecule has 0 amide bonds. The zero-order chi connectivity index (χ0) is 28.2. The molecule has 0 spiro atoms. The van der Waals surface area contributed by atoms with Crippen molar-refractivity contribution < 1.29 is 33.3 Å². The molecule has 8 heteroatoms. The van der Waals surface area contributed by atoms with Crippen LogP contribution < -0.4 is 18.9 Å². The lowest BCUT2D eigenvalue weighted by atomic mass is 10.0. The molecule has 0 aliphatic heterocycles. The average molecular weight is 538 g/mol. The van der Waals surface area contributed by atoms with Gasteiger partial charge >= 0.3 is 5.97 Å². The first kappa shape index (κ1) is 26.5. The molecule has 5 aromatic rings. The zero-order valence-corrected chi connectivity index (χ0v) is 22.5. The number of benzene rings is 4. The van der Waals surface area contributed by atoms with Gasteiger partial charge in [-0.3, -0.25) is 4.79 Å². The molecule has 40 heavy (non-hydrogen) atoms. The number of para-hydroxylation sites is 1. The molecule has 0 radical (unpaired) electrons. The zero-order valence-electron chi connectivity index (χ0n) is 22.5. The fraction of sp³-hybridized carbons (Fsp3) is 0.156. The molecule has 0 saturated heterocycles. The highest BCUT2D eigenvalue weighted by Gasteiger charge is 2.20. The van der Waals surface area contributed by atoms with Crippen molar-refractivity contribution in [2.75, 3.05) is 35.0 Å². The van der Waals surface area contributed by atoms with E-state index in [0.717, 1.165) is 16.5 Å². The van der Waals surface area contributed by atoms with Gasteiger partial charge in [-0.1, -0.05) is 36.4 Å². The van der Waals surface area contributed by atoms with Gasteiger partial charge in [0.25, 0.3) is 0 Å². The molecule has 0 N–H and O–H groups in total. The Hall–Kier alpha value is -5.11. The van der Waals surface area contributed by atoms with Crippen LogP contribution in [0.5, 0.6) is 23.0 Å². The van der Waals surface area contributed by atoms with Crippen LogP contribution in [-0.4, -0.2) is 51.8 Å². The van der Waals surface area contributed by atoms with E-state index >= 15 is 0 Å². The third kappa shape index (κ3) is 5.11. The van der Waals surface area contributed by atoms with Crippen LogP contribution in [0.15, 0.2) is 78.9 Å². The number of methoxy groups -OCH3 is 4. The number of carbonyl (C=O) groups excluding carboxylic acids is 2. The molecule has 1 aromatic heterocycles. The number of fused-ring (bicyclic) bond motifs is 2. The topological polar surface area (TPSA) is 93.2 Å². The van der Waals surface area contributed by atoms with Crippen LogP contribution >= 0.6 is 0 Å². The van der Waals surface area contributed by atoms with Gasteiger partial charge in [0.05, 0.1) is 45.2 Å². The minimum atomic E-state index is -0.633. The summed E-state index contributed by atoms with van der Waals surface area (Å²) in [7, 11) is 6.19. The molecule has 0 unspecified atom stereocenters. The highest BCUT2D eigenvalue weighted by molar-refractivity contribution is 6.06. The molecule has 0 atom stereocenters. The van der Waals surface area contributed by atoms with Crippen molar-refractivity contribution in [3.63, 3.8) is 0 Å². The number of esters is 1. The maximum absolute atomic E-state index is 13.3. The number of hydrogen-bond acceptors (Lipinski definition) is 8. The summed E-state index contributed by atoms with van der Waals surface area (Å²) in [6, 6.07) is 23.3. The Bertz CT molecular complexity index is 1720. The van der Waals surface area contributed by atoms with Crippen LogP contribution in [0.1, 0.15) is 20.7 Å². The summed E-state index contributed by atoms with van der Waals surface area (Å²) in [5.74, 6) is 1.14. The van der Waals surface area contributed by atoms with Crippen molar-refractivity contribution in [2.45, 2.75) is 0 Å². The third-order valence-electron chi connectivity index (χ3n) is 6.60. The van der Waals surface area contributed by atoms with E-state index in [1.807, 2.05) is 42.5 Å². The molecular weight excluding hydrogens is 510 g/mol. The molecule has 0 bridgehead atoms. The minimum Gasteiger partial charge on any atom is -0.497 e. The predicted octanol–water partition coefficient (Wildman–Crippen LogP) is 6.13. The SMILES string of the molecule is COc1ccc2cc(C(=O)COC(=O)c3cc(-c4cc(OC)c(OC)c(OC)c4)nc4ccccc34)ccc2c1. The number of pyridine rings is 1. The summed E-state index contributed by atoms with van der Waals surface area (Å²) >= 11 is 0. The Balaban J connectivity index is 1.44. The summed E-state index contributed by atoms with van der Waals surface area (Å²) < 4.78 is 27.2. The van der Waals surface area contributed by atoms with Crippen molar-refractivity contribution in [3.05, 3.63) is 90.0 Å². The number of nitrogens with zero attached hydrogens (tertiary/aromatic N) is 1. The van der Waals surface area contributed by atoms with Gasteiger partial charge < -0.3 is 23.7 Å². The molecular formula is C32H27NO7. The fourth-order valence-corrected chi connectivity index (χ4v) is 4.54. The van der Waals surface area contributed by atoms with E-state index in [1.165, 1.54) is 21.3 Å². The monoisotopic (exact) mass is 537 g/mol. The predicted molar refractivity (Wildman–Crippen MR) is 152 cm³/mol. The molecule has 1 heterocycles. The molecule has 0 aliphatic rings. The third-order valence-corrected chi connectivity index (χ3v) is 6.60. The largest absolute Gasteiger partial charge is 0.497 e. The minimum absolute atomic E-state index is 0.285. The number of aromatic nitrogens is 1. The van der Waals surface area contributed by atoms with Crippen LogP contribution in [0.3, 0.4) is 0 Å². The Morgan fingerprint density at radius 2 is 1.43 bits per heavy atom. The summed E-state index contributed by atoms with van der Waals surface area (Å²) in [5, 5.41) is 2.43. The lowest BCUT2D eigenvalue weighted by molar-refractivity contribution is 0.0476. The Labute approximate surface area is 231 Å². The highest BCUT2D eigenvalue weighted by Crippen LogP contribution is 2.41. The van der Waals surface area contributed by atoms with Gasteiger partial charge in [-0.05, 0) is 53.2 Å². The Morgan fingerprint density at radius 3 is 2.12 bits per heavy atom. The van der Waals surface area contributed by atoms with Gasteiger partial charge in [-0.25, -0.2) is 9.78 Å². The molecule has 8 nitrogen and oxygen atoms in total. The van der Waals surface area contributed by atoms with Crippen LogP contribution in [0.4, 0.5) is 0 Å². The van der Waals surface area contributed by atoms with Gasteiger partial charge in [0, 0.05) is 16.5 Å². The van der Waals surface area contributed by atoms with Gasteiger partial charge in [0.15, 0.2) is 23.9 Å². The average Bonchev–Trinajstić information content (AvgIpc) is 3.01. The first-order chi connectivity index (χ1) is 19.4. The fourth-order valence-electron chi connectivity index (χ4n) is 4.54. The van der Waals surface area contributed by atoms with Crippen LogP contribution in [0.2, 0.25) is 0 Å². The Kier molecular flexibility index (Phi) is 7.50. The quantitative estimate of drug-likeness (QED) is 0.164. The second-order valence-corrected chi connectivity index (χ2v) is 8.91. The molecule has 4 aromatic carbocycles. The lowest BCUT2D eigenvalue weighted by Gasteiger charge is -2.15. The van der Waals surface area contributed by atoms with E-state index < -0.39 is 12.6 Å². The van der Waals surface area contributed by atoms with Crippen molar-refractivity contribution in [3.8, 4) is 34.3 Å². The van der Waals surface area contributed by atoms with E-state index in [1.54, 1.807) is 43.5 Å². The summed E-state index contributed by atoms with van der Waals surface area (Å²) in [5.41, 5.74) is 2.48. The van der Waals surface area contributed by atoms with E-state index in [4.69, 9.17) is 28.7 Å². The van der Waals surface area contributed by atoms with E-state index in [0.29, 0.717) is 45.0 Å². The van der Waals surface area contributed by atoms with E-state index in [2.05, 4.69) is 0 Å². The number of Topliss-reactive ketones (excluding diaryl/α,β-unsaturated/α-hetero) is 1. The van der Waals surface area contributed by atoms with Gasteiger partial charge in [-0.2, -0.15) is 0 Å². The van der Waals surface area contributed by atoms with Gasteiger partial charge in [0.1, 0.15) is 5.75 Å². The van der Waals surface area contributed by atoms with Crippen molar-refractivity contribution in [1.82, 2.24) is 4.98 Å². The first-order valence-electron chi connectivity index (χ1n) is 12.4. The van der Waals surface area contributed by atoms with Crippen LogP contribution in [-0.2, 0) is 4.74 Å². The van der Waals surface area contributed by atoms with Crippen molar-refractivity contribution in [2.24, 2.45) is 0 Å². The van der Waals surface area contributed by atoms with E-state index in [9.17, 15) is 9.59 Å². The van der Waals surface area contributed by atoms with Gasteiger partial charge in [-0.15, -0.1) is 0 Å². The summed E-state index contributed by atoms with van der Waals surface area (Å²) in [6.45, 7) is -0.406. The van der Waals surface area contributed by atoms with Crippen molar-refractivity contribution >= 4 is 33.4 Å². The number of hydrogen-bond donors (Lipinski definition) is 0. The smallest absolute Gasteiger partial charge is 0.339 e. The maximum atomic E-state index is 13.3. The molecule has 0 aliphatic carbocycles. The molecule has 202 valence electrons. The summed E-state index contributed by atoms with van der Waals surface area (Å²) in [6.07, 6.45) is 0. The second kappa shape index (κ2) is 11.3. The number of carbonyl (C=O) groups is 2. The Morgan fingerprint density at radius 1 is 0.725 bits per heavy atom. The maximum Gasteiger partial charge on any atom is 0.339 e. The molecule has 5 rings (SSSR count). The number of ketones is 1. The van der Waals surface area contributed by atoms with E-state index in [-0.39, 0.29) is 11.3 Å². The lowest BCUT2D eigenvalue weighted by Crippen LogP contribution is -2.15. The molecule has 0 fully saturated rings. The normalized spacial score (nSPS) is 10.8. The first-order valence-corrected chi connectivity index (χ1v) is 12.4. The molecule has 0 saturated carbocycles. The highest BCUT2D eigenvalue weighted by atomic mass is 16.5. The van der Waals surface area contributed by atoms with Crippen molar-refractivity contribution in [1.29, 1.82) is 0 Å². The van der Waals surface area contributed by atoms with Gasteiger partial charge in [0.2, 0.25) is 5.75 Å². The summed E-state index contributed by atoms with van der Waals surface area (Å²) in [4.78, 5) is 31.0. The van der Waals surface area contributed by atoms with Crippen LogP contribution in [0, 0.1) is 0 Å².